The van der Waals surface area contributed by atoms with Gasteiger partial charge in [0.1, 0.15) is 0 Å². The predicted octanol–water partition coefficient (Wildman–Crippen LogP) is 4.49. The molecule has 108 valence electrons. The first-order chi connectivity index (χ1) is 8.42. The van der Waals surface area contributed by atoms with Crippen molar-refractivity contribution in [2.45, 2.75) is 18.6 Å². The van der Waals surface area contributed by atoms with Crippen molar-refractivity contribution in [3.8, 4) is 5.75 Å². The van der Waals surface area contributed by atoms with Gasteiger partial charge >= 0.3 is 12.5 Å². The number of hydrogen-bond acceptors (Lipinski definition) is 2. The van der Waals surface area contributed by atoms with Gasteiger partial charge in [-0.1, -0.05) is 23.2 Å². The molecule has 0 aliphatic carbocycles. The Morgan fingerprint density at radius 2 is 1.42 bits per heavy atom. The first kappa shape index (κ1) is 16.2. The van der Waals surface area contributed by atoms with E-state index in [1.165, 1.54) is 0 Å². The van der Waals surface area contributed by atoms with E-state index in [0.29, 0.717) is 12.1 Å². The molecular formula is C9H4Cl2F6O2. The highest BCUT2D eigenvalue weighted by atomic mass is 35.5. The SMILES string of the molecule is OC(c1cc(Cl)c(OC(F)(F)F)c(Cl)c1)C(F)(F)F. The molecule has 19 heavy (non-hydrogen) atoms. The number of alkyl halides is 6. The summed E-state index contributed by atoms with van der Waals surface area (Å²) in [5.74, 6) is -1.03. The average molecular weight is 329 g/mol. The van der Waals surface area contributed by atoms with Crippen molar-refractivity contribution in [2.75, 3.05) is 0 Å². The smallest absolute Gasteiger partial charge is 0.403 e. The van der Waals surface area contributed by atoms with Gasteiger partial charge in [-0.15, -0.1) is 13.2 Å². The zero-order valence-electron chi connectivity index (χ0n) is 8.61. The number of rotatable bonds is 2. The molecule has 0 aliphatic rings. The summed E-state index contributed by atoms with van der Waals surface area (Å²) in [6, 6.07) is 0.985. The minimum Gasteiger partial charge on any atom is -0.403 e. The van der Waals surface area contributed by atoms with E-state index in [0.717, 1.165) is 0 Å². The van der Waals surface area contributed by atoms with Gasteiger partial charge in [-0.05, 0) is 17.7 Å². The van der Waals surface area contributed by atoms with Crippen LogP contribution in [0.25, 0.3) is 0 Å². The summed E-state index contributed by atoms with van der Waals surface area (Å²) in [5, 5.41) is 7.32. The second-order valence-corrected chi connectivity index (χ2v) is 4.12. The summed E-state index contributed by atoms with van der Waals surface area (Å²) in [5.41, 5.74) is -0.794. The summed E-state index contributed by atoms with van der Waals surface area (Å²) >= 11 is 10.7. The Morgan fingerprint density at radius 1 is 1.00 bits per heavy atom. The van der Waals surface area contributed by atoms with Crippen LogP contribution in [0, 0.1) is 0 Å². The van der Waals surface area contributed by atoms with Crippen LogP contribution in [0.2, 0.25) is 10.0 Å². The largest absolute Gasteiger partial charge is 0.573 e. The zero-order valence-corrected chi connectivity index (χ0v) is 10.1. The molecule has 0 saturated carbocycles. The molecule has 0 aliphatic heterocycles. The second-order valence-electron chi connectivity index (χ2n) is 3.31. The van der Waals surface area contributed by atoms with Crippen LogP contribution in [-0.4, -0.2) is 17.6 Å². The van der Waals surface area contributed by atoms with Gasteiger partial charge < -0.3 is 9.84 Å². The van der Waals surface area contributed by atoms with Gasteiger partial charge in [-0.3, -0.25) is 0 Å². The van der Waals surface area contributed by atoms with E-state index in [4.69, 9.17) is 28.3 Å². The van der Waals surface area contributed by atoms with Crippen molar-refractivity contribution in [3.05, 3.63) is 27.7 Å². The fourth-order valence-corrected chi connectivity index (χ4v) is 1.72. The maximum absolute atomic E-state index is 12.2. The van der Waals surface area contributed by atoms with E-state index in [1.807, 2.05) is 0 Å². The number of hydrogen-bond donors (Lipinski definition) is 1. The molecule has 10 heteroatoms. The maximum Gasteiger partial charge on any atom is 0.573 e. The predicted molar refractivity (Wildman–Crippen MR) is 54.2 cm³/mol. The van der Waals surface area contributed by atoms with Crippen LogP contribution in [0.3, 0.4) is 0 Å². The fraction of sp³-hybridized carbons (Fsp3) is 0.333. The van der Waals surface area contributed by atoms with Crippen LogP contribution in [0.5, 0.6) is 5.75 Å². The third-order valence-electron chi connectivity index (χ3n) is 1.86. The van der Waals surface area contributed by atoms with Crippen molar-refractivity contribution in [3.63, 3.8) is 0 Å². The fourth-order valence-electron chi connectivity index (χ4n) is 1.14. The topological polar surface area (TPSA) is 29.5 Å². The van der Waals surface area contributed by atoms with Crippen molar-refractivity contribution < 1.29 is 36.2 Å². The number of halogens is 8. The van der Waals surface area contributed by atoms with Crippen molar-refractivity contribution in [1.82, 2.24) is 0 Å². The molecule has 0 heterocycles. The molecule has 1 aromatic carbocycles. The van der Waals surface area contributed by atoms with Crippen LogP contribution < -0.4 is 4.74 Å². The molecule has 1 unspecified atom stereocenters. The summed E-state index contributed by atoms with van der Waals surface area (Å²) < 4.78 is 76.1. The van der Waals surface area contributed by atoms with Crippen molar-refractivity contribution in [2.24, 2.45) is 0 Å². The Balaban J connectivity index is 3.18. The molecule has 0 aromatic heterocycles. The Morgan fingerprint density at radius 3 is 1.74 bits per heavy atom. The monoisotopic (exact) mass is 328 g/mol. The molecule has 0 amide bonds. The molecule has 0 spiro atoms. The van der Waals surface area contributed by atoms with E-state index in [1.54, 1.807) is 0 Å². The lowest BCUT2D eigenvalue weighted by Crippen LogP contribution is -2.21. The summed E-state index contributed by atoms with van der Waals surface area (Å²) in [6.45, 7) is 0. The first-order valence-electron chi connectivity index (χ1n) is 4.41. The van der Waals surface area contributed by atoms with Gasteiger partial charge in [-0.2, -0.15) is 13.2 Å². The van der Waals surface area contributed by atoms with Gasteiger partial charge in [0.05, 0.1) is 10.0 Å². The Hall–Kier alpha value is -0.860. The summed E-state index contributed by atoms with van der Waals surface area (Å²) in [6.07, 6.45) is -13.0. The van der Waals surface area contributed by atoms with Crippen LogP contribution in [-0.2, 0) is 0 Å². The summed E-state index contributed by atoms with van der Waals surface area (Å²) in [7, 11) is 0. The van der Waals surface area contributed by atoms with E-state index in [-0.39, 0.29) is 0 Å². The number of benzene rings is 1. The lowest BCUT2D eigenvalue weighted by atomic mass is 10.1. The number of aliphatic hydroxyl groups excluding tert-OH is 1. The van der Waals surface area contributed by atoms with Gasteiger partial charge in [0, 0.05) is 0 Å². The first-order valence-corrected chi connectivity index (χ1v) is 5.17. The Bertz CT molecular complexity index is 448. The molecule has 0 fully saturated rings. The second kappa shape index (κ2) is 5.26. The Kier molecular flexibility index (Phi) is 4.48. The minimum atomic E-state index is -5.10. The highest BCUT2D eigenvalue weighted by Crippen LogP contribution is 2.41. The molecule has 0 saturated heterocycles. The van der Waals surface area contributed by atoms with Crippen LogP contribution in [0.15, 0.2) is 12.1 Å². The Labute approximate surface area is 112 Å². The molecule has 1 rings (SSSR count). The van der Waals surface area contributed by atoms with E-state index in [9.17, 15) is 26.3 Å². The van der Waals surface area contributed by atoms with Gasteiger partial charge in [0.25, 0.3) is 0 Å². The van der Waals surface area contributed by atoms with Gasteiger partial charge in [0.2, 0.25) is 0 Å². The van der Waals surface area contributed by atoms with E-state index >= 15 is 0 Å². The van der Waals surface area contributed by atoms with Crippen molar-refractivity contribution in [1.29, 1.82) is 0 Å². The summed E-state index contributed by atoms with van der Waals surface area (Å²) in [4.78, 5) is 0. The van der Waals surface area contributed by atoms with Crippen LogP contribution in [0.1, 0.15) is 11.7 Å². The quantitative estimate of drug-likeness (QED) is 0.811. The lowest BCUT2D eigenvalue weighted by Gasteiger charge is -2.17. The molecule has 0 bridgehead atoms. The lowest BCUT2D eigenvalue weighted by molar-refractivity contribution is -0.274. The normalized spacial score (nSPS) is 14.4. The number of aliphatic hydroxyl groups is 1. The van der Waals surface area contributed by atoms with Crippen LogP contribution in [0.4, 0.5) is 26.3 Å². The molecular weight excluding hydrogens is 325 g/mol. The standard InChI is InChI=1S/C9H4Cl2F6O2/c10-4-1-3(7(18)8(12,13)14)2-5(11)6(4)19-9(15,16)17/h1-2,7,18H. The third kappa shape index (κ3) is 4.32. The molecule has 2 nitrogen and oxygen atoms in total. The highest BCUT2D eigenvalue weighted by molar-refractivity contribution is 6.37. The number of ether oxygens (including phenoxy) is 1. The molecule has 1 aromatic rings. The minimum absolute atomic E-state index is 0.493. The molecule has 1 N–H and O–H groups in total. The third-order valence-corrected chi connectivity index (χ3v) is 2.43. The highest BCUT2D eigenvalue weighted by Gasteiger charge is 2.40. The van der Waals surface area contributed by atoms with E-state index in [2.05, 4.69) is 4.74 Å². The van der Waals surface area contributed by atoms with Crippen molar-refractivity contribution >= 4 is 23.2 Å². The average Bonchev–Trinajstić information content (AvgIpc) is 2.19. The van der Waals surface area contributed by atoms with Gasteiger partial charge in [0.15, 0.2) is 11.9 Å². The van der Waals surface area contributed by atoms with Crippen LogP contribution >= 0.6 is 23.2 Å². The van der Waals surface area contributed by atoms with E-state index < -0.39 is 40.0 Å². The zero-order chi connectivity index (χ0) is 15.0. The maximum atomic E-state index is 12.2. The van der Waals surface area contributed by atoms with Gasteiger partial charge in [-0.25, -0.2) is 0 Å². The molecule has 0 radical (unpaired) electrons. The molecule has 1 atom stereocenters.